The van der Waals surface area contributed by atoms with E-state index in [-0.39, 0.29) is 10.8 Å². The van der Waals surface area contributed by atoms with Gasteiger partial charge in [0, 0.05) is 19.3 Å². The quantitative estimate of drug-likeness (QED) is 0.742. The van der Waals surface area contributed by atoms with Crippen molar-refractivity contribution >= 4 is 11.6 Å². The molecule has 0 aliphatic carbocycles. The van der Waals surface area contributed by atoms with Crippen molar-refractivity contribution in [3.8, 4) is 11.4 Å². The minimum absolute atomic E-state index is 0.0397. The van der Waals surface area contributed by atoms with Gasteiger partial charge < -0.3 is 0 Å². The lowest BCUT2D eigenvalue weighted by atomic mass is 10.3. The normalized spacial score (nSPS) is 11.8. The van der Waals surface area contributed by atoms with Crippen LogP contribution in [0.2, 0.25) is 5.15 Å². The molecule has 90 valence electrons. The molecule has 8 heteroatoms. The van der Waals surface area contributed by atoms with Crippen molar-refractivity contribution in [2.45, 2.75) is 6.18 Å². The zero-order valence-corrected chi connectivity index (χ0v) is 9.29. The van der Waals surface area contributed by atoms with Crippen LogP contribution in [0, 0.1) is 0 Å². The van der Waals surface area contributed by atoms with Gasteiger partial charge in [-0.05, 0) is 6.07 Å². The summed E-state index contributed by atoms with van der Waals surface area (Å²) in [5.74, 6) is -1.27. The second-order valence-electron chi connectivity index (χ2n) is 3.27. The maximum absolute atomic E-state index is 12.5. The average Bonchev–Trinajstić information content (AvgIpc) is 2.62. The van der Waals surface area contributed by atoms with Gasteiger partial charge in [0.1, 0.15) is 10.8 Å². The maximum atomic E-state index is 12.5. The monoisotopic (exact) mass is 262 g/mol. The molecule has 0 spiro atoms. The molecule has 0 radical (unpaired) electrons. The van der Waals surface area contributed by atoms with Gasteiger partial charge in [-0.3, -0.25) is 4.68 Å². The van der Waals surface area contributed by atoms with Crippen LogP contribution in [-0.2, 0) is 13.2 Å². The second-order valence-corrected chi connectivity index (χ2v) is 3.66. The lowest BCUT2D eigenvalue weighted by molar-refractivity contribution is -0.144. The lowest BCUT2D eigenvalue weighted by Gasteiger charge is -2.06. The molecule has 2 heterocycles. The molecule has 0 fully saturated rings. The Kier molecular flexibility index (Phi) is 2.78. The van der Waals surface area contributed by atoms with Gasteiger partial charge in [0.2, 0.25) is 5.82 Å². The van der Waals surface area contributed by atoms with Gasteiger partial charge in [-0.2, -0.15) is 18.3 Å². The molecule has 0 N–H and O–H groups in total. The number of rotatable bonds is 1. The Labute approximate surface area is 99.1 Å². The van der Waals surface area contributed by atoms with Gasteiger partial charge in [-0.1, -0.05) is 11.6 Å². The van der Waals surface area contributed by atoms with Gasteiger partial charge in [0.15, 0.2) is 0 Å². The van der Waals surface area contributed by atoms with Crippen LogP contribution in [0.5, 0.6) is 0 Å². The fraction of sp³-hybridized carbons (Fsp3) is 0.222. The Morgan fingerprint density at radius 3 is 2.47 bits per heavy atom. The summed E-state index contributed by atoms with van der Waals surface area (Å²) in [6.45, 7) is 0. The van der Waals surface area contributed by atoms with Crippen LogP contribution in [0.1, 0.15) is 5.82 Å². The highest BCUT2D eigenvalue weighted by Gasteiger charge is 2.35. The summed E-state index contributed by atoms with van der Waals surface area (Å²) < 4.78 is 38.8. The van der Waals surface area contributed by atoms with Crippen LogP contribution in [-0.4, -0.2) is 19.7 Å². The molecule has 0 aromatic carbocycles. The Morgan fingerprint density at radius 1 is 1.24 bits per heavy atom. The number of hydrogen-bond acceptors (Lipinski definition) is 3. The van der Waals surface area contributed by atoms with Crippen molar-refractivity contribution in [3.63, 3.8) is 0 Å². The highest BCUT2D eigenvalue weighted by Crippen LogP contribution is 2.29. The number of alkyl halides is 3. The van der Waals surface area contributed by atoms with Crippen LogP contribution in [0.15, 0.2) is 18.3 Å². The van der Waals surface area contributed by atoms with Crippen LogP contribution in [0.4, 0.5) is 13.2 Å². The fourth-order valence-corrected chi connectivity index (χ4v) is 1.41. The van der Waals surface area contributed by atoms with E-state index in [1.54, 1.807) is 19.3 Å². The molecule has 0 atom stereocenters. The third-order valence-corrected chi connectivity index (χ3v) is 2.12. The second kappa shape index (κ2) is 3.99. The summed E-state index contributed by atoms with van der Waals surface area (Å²) in [6.07, 6.45) is -3.03. The summed E-state index contributed by atoms with van der Waals surface area (Å²) in [5, 5.41) is 3.68. The van der Waals surface area contributed by atoms with E-state index in [0.29, 0.717) is 5.69 Å². The molecule has 17 heavy (non-hydrogen) atoms. The molecule has 4 nitrogen and oxygen atoms in total. The highest BCUT2D eigenvalue weighted by molar-refractivity contribution is 6.29. The molecule has 2 rings (SSSR count). The molecule has 0 saturated carbocycles. The topological polar surface area (TPSA) is 43.6 Å². The predicted molar refractivity (Wildman–Crippen MR) is 54.2 cm³/mol. The van der Waals surface area contributed by atoms with E-state index in [0.717, 1.165) is 0 Å². The summed E-state index contributed by atoms with van der Waals surface area (Å²) in [5.41, 5.74) is 0.347. The Bertz CT molecular complexity index is 549. The summed E-state index contributed by atoms with van der Waals surface area (Å²) in [7, 11) is 1.65. The summed E-state index contributed by atoms with van der Waals surface area (Å²) in [6, 6.07) is 2.78. The van der Waals surface area contributed by atoms with Crippen LogP contribution < -0.4 is 0 Å². The van der Waals surface area contributed by atoms with E-state index < -0.39 is 12.0 Å². The molecule has 0 unspecified atom stereocenters. The van der Waals surface area contributed by atoms with E-state index in [4.69, 9.17) is 11.6 Å². The van der Waals surface area contributed by atoms with E-state index in [1.807, 2.05) is 0 Å². The zero-order chi connectivity index (χ0) is 12.6. The molecular formula is C9H6ClF3N4. The fourth-order valence-electron chi connectivity index (χ4n) is 1.23. The van der Waals surface area contributed by atoms with Crippen molar-refractivity contribution < 1.29 is 13.2 Å². The molecule has 0 saturated heterocycles. The first-order chi connectivity index (χ1) is 7.86. The van der Waals surface area contributed by atoms with E-state index in [1.165, 1.54) is 10.7 Å². The van der Waals surface area contributed by atoms with Crippen molar-refractivity contribution in [1.82, 2.24) is 19.7 Å². The number of aryl methyl sites for hydroxylation is 1. The molecular weight excluding hydrogens is 257 g/mol. The largest absolute Gasteiger partial charge is 0.451 e. The molecule has 0 aliphatic heterocycles. The Balaban J connectivity index is 2.52. The third-order valence-electron chi connectivity index (χ3n) is 1.92. The minimum atomic E-state index is -4.63. The highest BCUT2D eigenvalue weighted by atomic mass is 35.5. The first-order valence-electron chi connectivity index (χ1n) is 4.48. The number of nitrogens with zero attached hydrogens (tertiary/aromatic N) is 4. The van der Waals surface area contributed by atoms with Crippen molar-refractivity contribution in [3.05, 3.63) is 29.3 Å². The number of hydrogen-bond donors (Lipinski definition) is 0. The molecule has 2 aromatic heterocycles. The molecule has 0 amide bonds. The van der Waals surface area contributed by atoms with Crippen LogP contribution in [0.25, 0.3) is 11.4 Å². The smallest absolute Gasteiger partial charge is 0.275 e. The van der Waals surface area contributed by atoms with Crippen molar-refractivity contribution in [2.75, 3.05) is 0 Å². The number of halogens is 4. The standard InChI is InChI=1S/C9H6ClF3N4/c1-17-3-2-5(16-17)6-4-7(10)15-8(14-6)9(11,12)13/h2-4H,1H3. The van der Waals surface area contributed by atoms with Gasteiger partial charge >= 0.3 is 6.18 Å². The number of aromatic nitrogens is 4. The lowest BCUT2D eigenvalue weighted by Crippen LogP contribution is -2.11. The SMILES string of the molecule is Cn1ccc(-c2cc(Cl)nc(C(F)(F)F)n2)n1. The summed E-state index contributed by atoms with van der Waals surface area (Å²) >= 11 is 5.53. The average molecular weight is 263 g/mol. The third kappa shape index (κ3) is 2.55. The molecule has 0 bridgehead atoms. The first kappa shape index (κ1) is 11.8. The van der Waals surface area contributed by atoms with Gasteiger partial charge in [0.25, 0.3) is 0 Å². The zero-order valence-electron chi connectivity index (χ0n) is 8.53. The van der Waals surface area contributed by atoms with Crippen molar-refractivity contribution in [1.29, 1.82) is 0 Å². The molecule has 2 aromatic rings. The van der Waals surface area contributed by atoms with Crippen LogP contribution in [0.3, 0.4) is 0 Å². The van der Waals surface area contributed by atoms with Crippen molar-refractivity contribution in [2.24, 2.45) is 7.05 Å². The van der Waals surface area contributed by atoms with Gasteiger partial charge in [-0.15, -0.1) is 0 Å². The van der Waals surface area contributed by atoms with E-state index in [2.05, 4.69) is 15.1 Å². The van der Waals surface area contributed by atoms with E-state index >= 15 is 0 Å². The Morgan fingerprint density at radius 2 is 1.94 bits per heavy atom. The van der Waals surface area contributed by atoms with Gasteiger partial charge in [0.05, 0.1) is 5.69 Å². The Hall–Kier alpha value is -1.63. The van der Waals surface area contributed by atoms with E-state index in [9.17, 15) is 13.2 Å². The van der Waals surface area contributed by atoms with Gasteiger partial charge in [-0.25, -0.2) is 9.97 Å². The maximum Gasteiger partial charge on any atom is 0.451 e. The minimum Gasteiger partial charge on any atom is -0.275 e. The molecule has 0 aliphatic rings. The van der Waals surface area contributed by atoms with Crippen LogP contribution >= 0.6 is 11.6 Å². The summed E-state index contributed by atoms with van der Waals surface area (Å²) in [4.78, 5) is 6.52. The predicted octanol–water partition coefficient (Wildman–Crippen LogP) is 2.55. The first-order valence-corrected chi connectivity index (χ1v) is 4.86.